The minimum Gasteiger partial charge on any atom is -0.373 e. The van der Waals surface area contributed by atoms with Crippen LogP contribution in [0.4, 0.5) is 5.69 Å². The maximum absolute atomic E-state index is 12.8. The van der Waals surface area contributed by atoms with Crippen LogP contribution in [0.15, 0.2) is 24.5 Å². The summed E-state index contributed by atoms with van der Waals surface area (Å²) in [7, 11) is 1.97. The number of amides is 1. The van der Waals surface area contributed by atoms with Gasteiger partial charge < -0.3 is 14.8 Å². The van der Waals surface area contributed by atoms with Crippen molar-refractivity contribution in [2.45, 2.75) is 31.2 Å². The lowest BCUT2D eigenvalue weighted by Crippen LogP contribution is -2.45. The molecule has 1 aromatic carbocycles. The highest BCUT2D eigenvalue weighted by atomic mass is 35.5. The van der Waals surface area contributed by atoms with Gasteiger partial charge in [-0.2, -0.15) is 0 Å². The van der Waals surface area contributed by atoms with Crippen LogP contribution in [0.2, 0.25) is 5.02 Å². The fourth-order valence-corrected chi connectivity index (χ4v) is 3.91. The molecule has 2 aliphatic rings. The number of carbonyl (C=O) groups excluding carboxylic acids is 1. The van der Waals surface area contributed by atoms with E-state index in [1.807, 2.05) is 34.7 Å². The Morgan fingerprint density at radius 3 is 2.83 bits per heavy atom. The number of hydrogen-bond donors (Lipinski definition) is 1. The summed E-state index contributed by atoms with van der Waals surface area (Å²) in [4.78, 5) is 14.8. The first-order chi connectivity index (χ1) is 11.6. The third kappa shape index (κ3) is 2.75. The summed E-state index contributed by atoms with van der Waals surface area (Å²) in [5.74, 6) is 1.58. The van der Waals surface area contributed by atoms with Crippen molar-refractivity contribution in [2.24, 2.45) is 7.05 Å². The molecule has 24 heavy (non-hydrogen) atoms. The Balaban J connectivity index is 1.38. The number of fused-ring (bicyclic) bond motifs is 1. The predicted octanol–water partition coefficient (Wildman–Crippen LogP) is 2.21. The van der Waals surface area contributed by atoms with Crippen LogP contribution >= 0.6 is 11.6 Å². The van der Waals surface area contributed by atoms with E-state index in [1.165, 1.54) is 0 Å². The summed E-state index contributed by atoms with van der Waals surface area (Å²) < 4.78 is 1.97. The molecule has 0 bridgehead atoms. The normalized spacial score (nSPS) is 20.8. The van der Waals surface area contributed by atoms with Crippen LogP contribution in [-0.4, -0.2) is 44.7 Å². The Hall–Kier alpha value is -2.08. The number of likely N-dealkylation sites (tertiary alicyclic amines) is 1. The molecule has 0 radical (unpaired) electrons. The van der Waals surface area contributed by atoms with Gasteiger partial charge >= 0.3 is 0 Å². The minimum atomic E-state index is -0.176. The largest absolute Gasteiger partial charge is 0.373 e. The molecule has 1 amide bonds. The van der Waals surface area contributed by atoms with Crippen molar-refractivity contribution in [1.82, 2.24) is 19.7 Å². The van der Waals surface area contributed by atoms with Crippen LogP contribution in [0.1, 0.15) is 30.1 Å². The summed E-state index contributed by atoms with van der Waals surface area (Å²) in [6.07, 6.45) is 4.31. The molecule has 4 rings (SSSR count). The fourth-order valence-electron chi connectivity index (χ4n) is 3.72. The molecule has 0 spiro atoms. The monoisotopic (exact) mass is 345 g/mol. The molecule has 0 saturated carbocycles. The van der Waals surface area contributed by atoms with Crippen molar-refractivity contribution in [3.8, 4) is 0 Å². The smallest absolute Gasteiger partial charge is 0.245 e. The standard InChI is InChI=1S/C17H20ClN5O/c1-22-10-19-21-16(22)11-4-6-23(7-5-11)17(24)15-9-12-8-13(18)2-3-14(12)20-15/h2-3,8,10-11,15,20H,4-7,9H2,1H3/t15-/m0/s1. The van der Waals surface area contributed by atoms with Crippen molar-refractivity contribution < 1.29 is 4.79 Å². The summed E-state index contributed by atoms with van der Waals surface area (Å²) >= 11 is 6.04. The van der Waals surface area contributed by atoms with Gasteiger partial charge in [0.25, 0.3) is 0 Å². The van der Waals surface area contributed by atoms with E-state index in [9.17, 15) is 4.79 Å². The van der Waals surface area contributed by atoms with E-state index in [0.29, 0.717) is 17.4 Å². The molecule has 1 N–H and O–H groups in total. The van der Waals surface area contributed by atoms with Crippen LogP contribution in [0.5, 0.6) is 0 Å². The van der Waals surface area contributed by atoms with E-state index in [1.54, 1.807) is 6.33 Å². The van der Waals surface area contributed by atoms with Gasteiger partial charge in [-0.15, -0.1) is 10.2 Å². The molecule has 2 aliphatic heterocycles. The SMILES string of the molecule is Cn1cnnc1C1CCN(C(=O)[C@@H]2Cc3cc(Cl)ccc3N2)CC1. The Morgan fingerprint density at radius 2 is 2.12 bits per heavy atom. The number of rotatable bonds is 2. The van der Waals surface area contributed by atoms with Crippen molar-refractivity contribution in [1.29, 1.82) is 0 Å². The zero-order valence-corrected chi connectivity index (χ0v) is 14.3. The predicted molar refractivity (Wildman–Crippen MR) is 92.1 cm³/mol. The summed E-state index contributed by atoms with van der Waals surface area (Å²) in [6.45, 7) is 1.54. The third-order valence-electron chi connectivity index (χ3n) is 5.04. The number of carbonyl (C=O) groups is 1. The molecule has 1 atom stereocenters. The molecule has 2 aromatic rings. The number of aryl methyl sites for hydroxylation is 1. The van der Waals surface area contributed by atoms with Gasteiger partial charge in [0.2, 0.25) is 5.91 Å². The molecule has 0 aliphatic carbocycles. The van der Waals surface area contributed by atoms with Gasteiger partial charge in [0, 0.05) is 43.2 Å². The van der Waals surface area contributed by atoms with Crippen LogP contribution in [0, 0.1) is 0 Å². The van der Waals surface area contributed by atoms with E-state index in [-0.39, 0.29) is 11.9 Å². The van der Waals surface area contributed by atoms with Crippen molar-refractivity contribution >= 4 is 23.2 Å². The maximum Gasteiger partial charge on any atom is 0.245 e. The number of hydrogen-bond acceptors (Lipinski definition) is 4. The Kier molecular flexibility index (Phi) is 3.92. The number of aromatic nitrogens is 3. The Bertz CT molecular complexity index is 766. The zero-order valence-electron chi connectivity index (χ0n) is 13.6. The number of piperidine rings is 1. The molecule has 3 heterocycles. The first-order valence-electron chi connectivity index (χ1n) is 8.29. The molecule has 0 unspecified atom stereocenters. The molecule has 126 valence electrons. The quantitative estimate of drug-likeness (QED) is 0.906. The van der Waals surface area contributed by atoms with Gasteiger partial charge in [0.15, 0.2) is 0 Å². The van der Waals surface area contributed by atoms with Crippen LogP contribution in [-0.2, 0) is 18.3 Å². The molecule has 1 aromatic heterocycles. The second kappa shape index (κ2) is 6.09. The summed E-state index contributed by atoms with van der Waals surface area (Å²) in [6, 6.07) is 5.57. The molecule has 6 nitrogen and oxygen atoms in total. The highest BCUT2D eigenvalue weighted by Crippen LogP contribution is 2.31. The van der Waals surface area contributed by atoms with Gasteiger partial charge in [-0.25, -0.2) is 0 Å². The molecule has 1 fully saturated rings. The van der Waals surface area contributed by atoms with Crippen molar-refractivity contribution in [2.75, 3.05) is 18.4 Å². The van der Waals surface area contributed by atoms with Gasteiger partial charge in [-0.3, -0.25) is 4.79 Å². The molecule has 7 heteroatoms. The lowest BCUT2D eigenvalue weighted by molar-refractivity contribution is -0.133. The van der Waals surface area contributed by atoms with Gasteiger partial charge in [0.1, 0.15) is 18.2 Å². The van der Waals surface area contributed by atoms with Crippen molar-refractivity contribution in [3.63, 3.8) is 0 Å². The molecular formula is C17H20ClN5O. The highest BCUT2D eigenvalue weighted by molar-refractivity contribution is 6.30. The Labute approximate surface area is 145 Å². The number of benzene rings is 1. The first kappa shape index (κ1) is 15.4. The maximum atomic E-state index is 12.8. The number of nitrogens with zero attached hydrogens (tertiary/aromatic N) is 4. The third-order valence-corrected chi connectivity index (χ3v) is 5.27. The average molecular weight is 346 g/mol. The van der Waals surface area contributed by atoms with Crippen LogP contribution in [0.3, 0.4) is 0 Å². The fraction of sp³-hybridized carbons (Fsp3) is 0.471. The summed E-state index contributed by atoms with van der Waals surface area (Å²) in [5, 5.41) is 12.2. The zero-order chi connectivity index (χ0) is 16.7. The van der Waals surface area contributed by atoms with Crippen molar-refractivity contribution in [3.05, 3.63) is 40.9 Å². The van der Waals surface area contributed by atoms with E-state index in [4.69, 9.17) is 11.6 Å². The van der Waals surface area contributed by atoms with Gasteiger partial charge in [-0.05, 0) is 36.6 Å². The van der Waals surface area contributed by atoms with Gasteiger partial charge in [-0.1, -0.05) is 11.6 Å². The minimum absolute atomic E-state index is 0.176. The van der Waals surface area contributed by atoms with E-state index in [0.717, 1.165) is 43.0 Å². The lowest BCUT2D eigenvalue weighted by Gasteiger charge is -2.33. The highest BCUT2D eigenvalue weighted by Gasteiger charge is 2.33. The van der Waals surface area contributed by atoms with E-state index >= 15 is 0 Å². The molecular weight excluding hydrogens is 326 g/mol. The van der Waals surface area contributed by atoms with E-state index in [2.05, 4.69) is 15.5 Å². The van der Waals surface area contributed by atoms with E-state index < -0.39 is 0 Å². The molecule has 1 saturated heterocycles. The first-order valence-corrected chi connectivity index (χ1v) is 8.67. The van der Waals surface area contributed by atoms with Gasteiger partial charge in [0.05, 0.1) is 0 Å². The second-order valence-corrected chi connectivity index (χ2v) is 7.04. The Morgan fingerprint density at radius 1 is 1.33 bits per heavy atom. The number of nitrogens with one attached hydrogen (secondary N) is 1. The number of anilines is 1. The van der Waals surface area contributed by atoms with Crippen LogP contribution in [0.25, 0.3) is 0 Å². The second-order valence-electron chi connectivity index (χ2n) is 6.60. The lowest BCUT2D eigenvalue weighted by atomic mass is 9.95. The number of halogens is 1. The topological polar surface area (TPSA) is 63.1 Å². The summed E-state index contributed by atoms with van der Waals surface area (Å²) in [5.41, 5.74) is 2.14. The average Bonchev–Trinajstić information content (AvgIpc) is 3.20. The van der Waals surface area contributed by atoms with Crippen LogP contribution < -0.4 is 5.32 Å².